The molecule has 0 saturated carbocycles. The van der Waals surface area contributed by atoms with Gasteiger partial charge in [0.15, 0.2) is 5.78 Å². The van der Waals surface area contributed by atoms with Crippen LogP contribution in [-0.4, -0.2) is 55.2 Å². The van der Waals surface area contributed by atoms with Gasteiger partial charge in [0.1, 0.15) is 17.8 Å². The second kappa shape index (κ2) is 8.87. The van der Waals surface area contributed by atoms with Crippen molar-refractivity contribution in [3.8, 4) is 5.75 Å². The number of hydrogen-bond acceptors (Lipinski definition) is 7. The summed E-state index contributed by atoms with van der Waals surface area (Å²) in [6.07, 6.45) is 1.69. The normalized spacial score (nSPS) is 22.3. The largest absolute Gasteiger partial charge is 0.497 e. The maximum absolute atomic E-state index is 14.0. The molecule has 0 radical (unpaired) electrons. The minimum absolute atomic E-state index is 0.208. The first-order valence-corrected chi connectivity index (χ1v) is 11.4. The number of methoxy groups -OCH3 is 1. The molecule has 178 valence electrons. The second-order valence-electron chi connectivity index (χ2n) is 9.02. The fourth-order valence-electron chi connectivity index (χ4n) is 5.20. The van der Waals surface area contributed by atoms with Crippen LogP contribution in [-0.2, 0) is 0 Å². The summed E-state index contributed by atoms with van der Waals surface area (Å²) in [6.45, 7) is 0. The minimum atomic E-state index is -1.05. The highest BCUT2D eigenvalue weighted by atomic mass is 16.6. The first-order valence-electron chi connectivity index (χ1n) is 11.4. The van der Waals surface area contributed by atoms with Crippen molar-refractivity contribution in [1.29, 1.82) is 0 Å². The number of Topliss-reactive ketones (excluding diaryl/α,β-unsaturated/α-hetero) is 1. The average molecular weight is 471 g/mol. The molecule has 1 saturated heterocycles. The number of hydrogen-bond donors (Lipinski definition) is 0. The van der Waals surface area contributed by atoms with Gasteiger partial charge >= 0.3 is 0 Å². The summed E-state index contributed by atoms with van der Waals surface area (Å²) in [6, 6.07) is 19.5. The highest BCUT2D eigenvalue weighted by Crippen LogP contribution is 2.49. The Morgan fingerprint density at radius 1 is 1.03 bits per heavy atom. The van der Waals surface area contributed by atoms with Crippen LogP contribution in [0.15, 0.2) is 77.9 Å². The van der Waals surface area contributed by atoms with Crippen molar-refractivity contribution in [3.05, 3.63) is 105 Å². The molecule has 5 rings (SSSR count). The maximum atomic E-state index is 14.0. The second-order valence-corrected chi connectivity index (χ2v) is 9.02. The number of ketones is 1. The number of nitrogens with zero attached hydrogens (tertiary/aromatic N) is 4. The molecule has 0 spiro atoms. The van der Waals surface area contributed by atoms with E-state index in [1.807, 2.05) is 67.5 Å². The zero-order chi connectivity index (χ0) is 24.7. The predicted octanol–water partition coefficient (Wildman–Crippen LogP) is 4.15. The highest BCUT2D eigenvalue weighted by Gasteiger charge is 2.60. The van der Waals surface area contributed by atoms with Crippen molar-refractivity contribution in [2.24, 2.45) is 5.10 Å². The molecular weight excluding hydrogens is 444 g/mol. The van der Waals surface area contributed by atoms with E-state index in [0.717, 1.165) is 22.4 Å². The van der Waals surface area contributed by atoms with E-state index in [0.29, 0.717) is 11.3 Å². The number of carbonyl (C=O) groups excluding carboxylic acids is 1. The van der Waals surface area contributed by atoms with Gasteiger partial charge in [-0.3, -0.25) is 19.9 Å². The van der Waals surface area contributed by atoms with Crippen LogP contribution in [0, 0.1) is 10.1 Å². The van der Waals surface area contributed by atoms with E-state index in [1.54, 1.807) is 42.6 Å². The average Bonchev–Trinajstić information content (AvgIpc) is 3.24. The summed E-state index contributed by atoms with van der Waals surface area (Å²) in [5.41, 5.74) is 3.82. The van der Waals surface area contributed by atoms with Crippen molar-refractivity contribution in [3.63, 3.8) is 0 Å². The zero-order valence-corrected chi connectivity index (χ0v) is 19.7. The molecule has 0 aromatic heterocycles. The number of carbonyl (C=O) groups is 1. The molecule has 2 aliphatic heterocycles. The Kier molecular flexibility index (Phi) is 5.72. The van der Waals surface area contributed by atoms with Gasteiger partial charge in [0.25, 0.3) is 0 Å². The van der Waals surface area contributed by atoms with E-state index in [2.05, 4.69) is 5.10 Å². The Balaban J connectivity index is 1.66. The Labute approximate surface area is 203 Å². The lowest BCUT2D eigenvalue weighted by molar-refractivity contribution is -0.529. The molecule has 3 aromatic carbocycles. The lowest BCUT2D eigenvalue weighted by atomic mass is 9.82. The molecule has 0 unspecified atom stereocenters. The smallest absolute Gasteiger partial charge is 0.248 e. The molecule has 8 heteroatoms. The van der Waals surface area contributed by atoms with E-state index in [4.69, 9.17) is 4.74 Å². The van der Waals surface area contributed by atoms with Gasteiger partial charge in [-0.2, -0.15) is 5.10 Å². The Bertz CT molecular complexity index is 1290. The van der Waals surface area contributed by atoms with Gasteiger partial charge in [-0.15, -0.1) is 0 Å². The summed E-state index contributed by atoms with van der Waals surface area (Å²) in [5, 5.41) is 18.8. The van der Waals surface area contributed by atoms with Crippen molar-refractivity contribution < 1.29 is 14.5 Å². The van der Waals surface area contributed by atoms with Gasteiger partial charge < -0.3 is 9.64 Å². The third-order valence-corrected chi connectivity index (χ3v) is 6.93. The summed E-state index contributed by atoms with van der Waals surface area (Å²) < 4.78 is 5.23. The van der Waals surface area contributed by atoms with Crippen LogP contribution >= 0.6 is 0 Å². The number of rotatable bonds is 6. The Morgan fingerprint density at radius 2 is 1.71 bits per heavy atom. The SMILES string of the molecule is COc1ccc(C(=O)[C@@H]2[C@H](c3ccc(N(C)C)cc3)[C@@H]([N+](=O)[O-])[C@H]3c4ccccc4C=NN23)cc1. The van der Waals surface area contributed by atoms with Crippen LogP contribution in [0.25, 0.3) is 0 Å². The Hall–Kier alpha value is -4.20. The van der Waals surface area contributed by atoms with Gasteiger partial charge in [0.05, 0.1) is 19.2 Å². The molecule has 0 aliphatic carbocycles. The molecule has 1 fully saturated rings. The van der Waals surface area contributed by atoms with E-state index in [9.17, 15) is 14.9 Å². The monoisotopic (exact) mass is 470 g/mol. The highest BCUT2D eigenvalue weighted by molar-refractivity contribution is 6.01. The van der Waals surface area contributed by atoms with Gasteiger partial charge in [-0.05, 0) is 47.5 Å². The standard InChI is InChI=1S/C27H26N4O4/c1-29(2)20-12-8-17(9-13-20)23-25(31(33)34)24-22-7-5-4-6-19(22)16-28-30(24)26(23)27(32)18-10-14-21(35-3)15-11-18/h4-16,23-26H,1-3H3/t23-,24-,25-,26+/m1/s1. The number of nitro groups is 1. The quantitative estimate of drug-likeness (QED) is 0.306. The van der Waals surface area contributed by atoms with Crippen LogP contribution in [0.3, 0.4) is 0 Å². The molecule has 4 atom stereocenters. The molecule has 8 nitrogen and oxygen atoms in total. The third-order valence-electron chi connectivity index (χ3n) is 6.93. The Morgan fingerprint density at radius 3 is 2.34 bits per heavy atom. The van der Waals surface area contributed by atoms with Gasteiger partial charge in [0.2, 0.25) is 6.04 Å². The van der Waals surface area contributed by atoms with Gasteiger partial charge in [0, 0.05) is 35.8 Å². The third kappa shape index (κ3) is 3.80. The van der Waals surface area contributed by atoms with Crippen LogP contribution in [0.5, 0.6) is 5.75 Å². The van der Waals surface area contributed by atoms with Crippen molar-refractivity contribution >= 4 is 17.7 Å². The van der Waals surface area contributed by atoms with Gasteiger partial charge in [-0.1, -0.05) is 36.4 Å². The summed E-state index contributed by atoms with van der Waals surface area (Å²) in [7, 11) is 5.44. The molecule has 2 aliphatic rings. The minimum Gasteiger partial charge on any atom is -0.497 e. The summed E-state index contributed by atoms with van der Waals surface area (Å²) in [4.78, 5) is 28.3. The van der Waals surface area contributed by atoms with Crippen LogP contribution < -0.4 is 9.64 Å². The number of hydrazone groups is 1. The zero-order valence-electron chi connectivity index (χ0n) is 19.7. The molecule has 3 aromatic rings. The van der Waals surface area contributed by atoms with E-state index < -0.39 is 24.0 Å². The first-order chi connectivity index (χ1) is 16.9. The maximum Gasteiger partial charge on any atom is 0.248 e. The molecule has 0 N–H and O–H groups in total. The fourth-order valence-corrected chi connectivity index (χ4v) is 5.20. The lowest BCUT2D eigenvalue weighted by Crippen LogP contribution is -2.38. The molecule has 0 bridgehead atoms. The van der Waals surface area contributed by atoms with E-state index in [1.165, 1.54) is 0 Å². The number of fused-ring (bicyclic) bond motifs is 3. The van der Waals surface area contributed by atoms with E-state index >= 15 is 0 Å². The van der Waals surface area contributed by atoms with Gasteiger partial charge in [-0.25, -0.2) is 0 Å². The predicted molar refractivity (Wildman–Crippen MR) is 134 cm³/mol. The number of benzene rings is 3. The van der Waals surface area contributed by atoms with Crippen molar-refractivity contribution in [1.82, 2.24) is 5.01 Å². The molecule has 2 heterocycles. The molecule has 35 heavy (non-hydrogen) atoms. The fraction of sp³-hybridized carbons (Fsp3) is 0.259. The molecular formula is C27H26N4O4. The van der Waals surface area contributed by atoms with Crippen molar-refractivity contribution in [2.45, 2.75) is 24.0 Å². The lowest BCUT2D eigenvalue weighted by Gasteiger charge is -2.30. The number of ether oxygens (including phenoxy) is 1. The summed E-state index contributed by atoms with van der Waals surface area (Å²) in [5.74, 6) is -0.265. The first kappa shape index (κ1) is 22.6. The van der Waals surface area contributed by atoms with E-state index in [-0.39, 0.29) is 10.7 Å². The van der Waals surface area contributed by atoms with Crippen LogP contribution in [0.1, 0.15) is 39.0 Å². The number of anilines is 1. The van der Waals surface area contributed by atoms with Crippen LogP contribution in [0.2, 0.25) is 0 Å². The molecule has 0 amide bonds. The topological polar surface area (TPSA) is 88.3 Å². The summed E-state index contributed by atoms with van der Waals surface area (Å²) >= 11 is 0. The van der Waals surface area contributed by atoms with Crippen LogP contribution in [0.4, 0.5) is 5.69 Å². The van der Waals surface area contributed by atoms with Crippen molar-refractivity contribution in [2.75, 3.05) is 26.1 Å².